The van der Waals surface area contributed by atoms with Gasteiger partial charge in [-0.25, -0.2) is 4.98 Å². The van der Waals surface area contributed by atoms with E-state index in [1.807, 2.05) is 0 Å². The van der Waals surface area contributed by atoms with E-state index in [9.17, 15) is 9.90 Å². The quantitative estimate of drug-likeness (QED) is 0.822. The van der Waals surface area contributed by atoms with Gasteiger partial charge in [-0.1, -0.05) is 36.0 Å². The van der Waals surface area contributed by atoms with E-state index in [0.717, 1.165) is 19.3 Å². The number of hydrogen-bond donors (Lipinski definition) is 2. The summed E-state index contributed by atoms with van der Waals surface area (Å²) >= 11 is 11.6. The summed E-state index contributed by atoms with van der Waals surface area (Å²) in [6, 6.07) is 2.82. The molecule has 2 atom stereocenters. The molecule has 1 aliphatic carbocycles. The maximum atomic E-state index is 12.0. The Balaban J connectivity index is 2.09. The highest BCUT2D eigenvalue weighted by Crippen LogP contribution is 2.20. The van der Waals surface area contributed by atoms with Gasteiger partial charge in [0, 0.05) is 0 Å². The highest BCUT2D eigenvalue weighted by Gasteiger charge is 2.26. The third-order valence-corrected chi connectivity index (χ3v) is 3.59. The number of halogens is 2. The van der Waals surface area contributed by atoms with Gasteiger partial charge in [0.2, 0.25) is 0 Å². The molecule has 1 heterocycles. The molecule has 1 fully saturated rings. The average Bonchev–Trinajstić information content (AvgIpc) is 2.35. The first-order chi connectivity index (χ1) is 8.58. The third-order valence-electron chi connectivity index (χ3n) is 3.07. The molecule has 0 bridgehead atoms. The highest BCUT2D eigenvalue weighted by molar-refractivity contribution is 6.34. The Labute approximate surface area is 115 Å². The van der Waals surface area contributed by atoms with Crippen LogP contribution in [-0.4, -0.2) is 28.1 Å². The predicted molar refractivity (Wildman–Crippen MR) is 70.0 cm³/mol. The molecular formula is C12H14Cl2N2O2. The number of nitrogens with one attached hydrogen (secondary N) is 1. The first-order valence-electron chi connectivity index (χ1n) is 5.89. The van der Waals surface area contributed by atoms with Crippen molar-refractivity contribution >= 4 is 29.1 Å². The Bertz CT molecular complexity index is 454. The summed E-state index contributed by atoms with van der Waals surface area (Å²) in [6.07, 6.45) is 2.97. The maximum absolute atomic E-state index is 12.0. The molecule has 2 unspecified atom stereocenters. The SMILES string of the molecule is O=C(NC1CCCCC1O)c1nc(Cl)ccc1Cl. The van der Waals surface area contributed by atoms with E-state index in [0.29, 0.717) is 6.42 Å². The first-order valence-corrected chi connectivity index (χ1v) is 6.64. The Morgan fingerprint density at radius 2 is 2.06 bits per heavy atom. The number of carbonyl (C=O) groups is 1. The van der Waals surface area contributed by atoms with Gasteiger partial charge in [0.05, 0.1) is 17.2 Å². The molecule has 0 aliphatic heterocycles. The van der Waals surface area contributed by atoms with Crippen LogP contribution >= 0.6 is 23.2 Å². The molecular weight excluding hydrogens is 275 g/mol. The lowest BCUT2D eigenvalue weighted by molar-refractivity contribution is 0.0714. The van der Waals surface area contributed by atoms with Crippen molar-refractivity contribution in [1.29, 1.82) is 0 Å². The number of rotatable bonds is 2. The minimum atomic E-state index is -0.499. The van der Waals surface area contributed by atoms with Crippen LogP contribution in [0.4, 0.5) is 0 Å². The number of hydrogen-bond acceptors (Lipinski definition) is 3. The van der Waals surface area contributed by atoms with Crippen LogP contribution in [0.25, 0.3) is 0 Å². The molecule has 1 aromatic rings. The fourth-order valence-corrected chi connectivity index (χ4v) is 2.43. The van der Waals surface area contributed by atoms with Crippen molar-refractivity contribution < 1.29 is 9.90 Å². The van der Waals surface area contributed by atoms with Gasteiger partial charge < -0.3 is 10.4 Å². The summed E-state index contributed by atoms with van der Waals surface area (Å²) in [5.74, 6) is -0.395. The van der Waals surface area contributed by atoms with Crippen molar-refractivity contribution in [2.45, 2.75) is 37.8 Å². The highest BCUT2D eigenvalue weighted by atomic mass is 35.5. The van der Waals surface area contributed by atoms with E-state index in [1.54, 1.807) is 0 Å². The lowest BCUT2D eigenvalue weighted by atomic mass is 9.92. The topological polar surface area (TPSA) is 62.2 Å². The molecule has 1 aliphatic rings. The molecule has 6 heteroatoms. The fourth-order valence-electron chi connectivity index (χ4n) is 2.09. The molecule has 1 amide bonds. The predicted octanol–water partition coefficient (Wildman–Crippen LogP) is 2.42. The monoisotopic (exact) mass is 288 g/mol. The van der Waals surface area contributed by atoms with Gasteiger partial charge in [0.15, 0.2) is 0 Å². The van der Waals surface area contributed by atoms with E-state index in [4.69, 9.17) is 23.2 Å². The first kappa shape index (κ1) is 13.6. The van der Waals surface area contributed by atoms with Gasteiger partial charge in [-0.05, 0) is 25.0 Å². The van der Waals surface area contributed by atoms with Crippen molar-refractivity contribution in [2.24, 2.45) is 0 Å². The van der Waals surface area contributed by atoms with Crippen molar-refractivity contribution in [3.63, 3.8) is 0 Å². The van der Waals surface area contributed by atoms with Crippen LogP contribution in [0.15, 0.2) is 12.1 Å². The van der Waals surface area contributed by atoms with E-state index >= 15 is 0 Å². The minimum Gasteiger partial charge on any atom is -0.391 e. The zero-order valence-corrected chi connectivity index (χ0v) is 11.2. The summed E-state index contributed by atoms with van der Waals surface area (Å²) in [7, 11) is 0. The lowest BCUT2D eigenvalue weighted by Gasteiger charge is -2.28. The zero-order valence-electron chi connectivity index (χ0n) is 9.70. The average molecular weight is 289 g/mol. The Hall–Kier alpha value is -0.840. The van der Waals surface area contributed by atoms with Gasteiger partial charge in [-0.15, -0.1) is 0 Å². The second-order valence-corrected chi connectivity index (χ2v) is 5.19. The van der Waals surface area contributed by atoms with Crippen LogP contribution < -0.4 is 5.32 Å². The standard InChI is InChI=1S/C12H14Cl2N2O2/c13-7-5-6-10(14)16-11(7)12(18)15-8-3-1-2-4-9(8)17/h5-6,8-9,17H,1-4H2,(H,15,18). The van der Waals surface area contributed by atoms with Crippen molar-refractivity contribution in [2.75, 3.05) is 0 Å². The summed E-state index contributed by atoms with van der Waals surface area (Å²) < 4.78 is 0. The van der Waals surface area contributed by atoms with Crippen LogP contribution in [0.2, 0.25) is 10.2 Å². The smallest absolute Gasteiger partial charge is 0.271 e. The molecule has 2 N–H and O–H groups in total. The van der Waals surface area contributed by atoms with E-state index in [2.05, 4.69) is 10.3 Å². The van der Waals surface area contributed by atoms with Gasteiger partial charge in [-0.3, -0.25) is 4.79 Å². The number of pyridine rings is 1. The molecule has 18 heavy (non-hydrogen) atoms. The van der Waals surface area contributed by atoms with Gasteiger partial charge in [0.25, 0.3) is 5.91 Å². The van der Waals surface area contributed by atoms with Crippen LogP contribution in [0.3, 0.4) is 0 Å². The van der Waals surface area contributed by atoms with Crippen molar-refractivity contribution in [3.05, 3.63) is 28.0 Å². The summed E-state index contributed by atoms with van der Waals surface area (Å²) in [5, 5.41) is 13.0. The second-order valence-electron chi connectivity index (χ2n) is 4.40. The van der Waals surface area contributed by atoms with Gasteiger partial charge in [-0.2, -0.15) is 0 Å². The van der Waals surface area contributed by atoms with Crippen LogP contribution in [0.1, 0.15) is 36.2 Å². The van der Waals surface area contributed by atoms with Crippen molar-refractivity contribution in [3.8, 4) is 0 Å². The minimum absolute atomic E-state index is 0.0990. The fraction of sp³-hybridized carbons (Fsp3) is 0.500. The van der Waals surface area contributed by atoms with E-state index in [-0.39, 0.29) is 21.9 Å². The number of aliphatic hydroxyl groups is 1. The second kappa shape index (κ2) is 5.87. The molecule has 0 aromatic carbocycles. The molecule has 0 spiro atoms. The number of aliphatic hydroxyl groups excluding tert-OH is 1. The Kier molecular flexibility index (Phi) is 4.43. The summed E-state index contributed by atoms with van der Waals surface area (Å²) in [6.45, 7) is 0. The molecule has 0 saturated heterocycles. The molecule has 4 nitrogen and oxygen atoms in total. The normalized spacial score (nSPS) is 23.7. The number of carbonyl (C=O) groups excluding carboxylic acids is 1. The van der Waals surface area contributed by atoms with Crippen LogP contribution in [0.5, 0.6) is 0 Å². The van der Waals surface area contributed by atoms with Gasteiger partial charge >= 0.3 is 0 Å². The zero-order chi connectivity index (χ0) is 13.1. The van der Waals surface area contributed by atoms with E-state index < -0.39 is 12.0 Å². The Morgan fingerprint density at radius 3 is 2.78 bits per heavy atom. The summed E-state index contributed by atoms with van der Waals surface area (Å²) in [5.41, 5.74) is 0.0990. The van der Waals surface area contributed by atoms with Crippen molar-refractivity contribution in [1.82, 2.24) is 10.3 Å². The number of aromatic nitrogens is 1. The molecule has 1 aromatic heterocycles. The molecule has 0 radical (unpaired) electrons. The van der Waals surface area contributed by atoms with Crippen LogP contribution in [0, 0.1) is 0 Å². The third kappa shape index (κ3) is 3.13. The number of nitrogens with zero attached hydrogens (tertiary/aromatic N) is 1. The number of amides is 1. The molecule has 98 valence electrons. The van der Waals surface area contributed by atoms with Gasteiger partial charge in [0.1, 0.15) is 10.8 Å². The van der Waals surface area contributed by atoms with E-state index in [1.165, 1.54) is 12.1 Å². The Morgan fingerprint density at radius 1 is 1.33 bits per heavy atom. The molecule has 2 rings (SSSR count). The largest absolute Gasteiger partial charge is 0.391 e. The maximum Gasteiger partial charge on any atom is 0.271 e. The lowest BCUT2D eigenvalue weighted by Crippen LogP contribution is -2.45. The summed E-state index contributed by atoms with van der Waals surface area (Å²) in [4.78, 5) is 15.9. The molecule has 1 saturated carbocycles. The van der Waals surface area contributed by atoms with Crippen LogP contribution in [-0.2, 0) is 0 Å².